The minimum absolute atomic E-state index is 0.0460. The number of benzene rings is 1. The van der Waals surface area contributed by atoms with Crippen LogP contribution in [0.2, 0.25) is 0 Å². The third kappa shape index (κ3) is 4.26. The number of nitro benzene ring substituents is 1. The summed E-state index contributed by atoms with van der Waals surface area (Å²) in [5.74, 6) is -0.0633. The first-order valence-electron chi connectivity index (χ1n) is 7.83. The maximum absolute atomic E-state index is 12.3. The molecule has 0 heterocycles. The average Bonchev–Trinajstić information content (AvgIpc) is 3.11. The SMILES string of the molecule is COc1cc(/C=C(\C#N)C(=O)NC2CCCC2)c([N+](=O)[O-])cc1OC. The number of carbonyl (C=O) groups is 1. The summed E-state index contributed by atoms with van der Waals surface area (Å²) in [7, 11) is 2.77. The minimum atomic E-state index is -0.600. The Morgan fingerprint density at radius 2 is 1.92 bits per heavy atom. The van der Waals surface area contributed by atoms with Crippen molar-refractivity contribution in [1.29, 1.82) is 5.26 Å². The largest absolute Gasteiger partial charge is 0.493 e. The van der Waals surface area contributed by atoms with E-state index < -0.39 is 10.8 Å². The molecule has 0 radical (unpaired) electrons. The van der Waals surface area contributed by atoms with Crippen molar-refractivity contribution < 1.29 is 19.2 Å². The molecule has 0 unspecified atom stereocenters. The summed E-state index contributed by atoms with van der Waals surface area (Å²) >= 11 is 0. The molecule has 0 aromatic heterocycles. The van der Waals surface area contributed by atoms with Crippen LogP contribution in [-0.2, 0) is 4.79 Å². The number of carbonyl (C=O) groups excluding carboxylic acids is 1. The fourth-order valence-corrected chi connectivity index (χ4v) is 2.80. The number of amides is 1. The number of nitrogens with one attached hydrogen (secondary N) is 1. The van der Waals surface area contributed by atoms with E-state index in [0.717, 1.165) is 25.7 Å². The molecular weight excluding hydrogens is 326 g/mol. The molecule has 8 nitrogen and oxygen atoms in total. The molecule has 1 aromatic carbocycles. The van der Waals surface area contributed by atoms with Crippen molar-refractivity contribution in [3.8, 4) is 17.6 Å². The summed E-state index contributed by atoms with van der Waals surface area (Å²) in [6.07, 6.45) is 5.03. The van der Waals surface area contributed by atoms with E-state index in [2.05, 4.69) is 5.32 Å². The highest BCUT2D eigenvalue weighted by Gasteiger charge is 2.22. The van der Waals surface area contributed by atoms with Crippen LogP contribution in [0.5, 0.6) is 11.5 Å². The fraction of sp³-hybridized carbons (Fsp3) is 0.412. The van der Waals surface area contributed by atoms with Crippen LogP contribution in [0.3, 0.4) is 0 Å². The number of hydrogen-bond acceptors (Lipinski definition) is 6. The molecule has 1 N–H and O–H groups in total. The molecule has 0 spiro atoms. The zero-order valence-electron chi connectivity index (χ0n) is 14.1. The molecule has 8 heteroatoms. The molecule has 0 aliphatic heterocycles. The van der Waals surface area contributed by atoms with Gasteiger partial charge in [0.25, 0.3) is 11.6 Å². The lowest BCUT2D eigenvalue weighted by Crippen LogP contribution is -2.33. The number of ether oxygens (including phenoxy) is 2. The summed E-state index contributed by atoms with van der Waals surface area (Å²) in [6, 6.07) is 4.43. The second-order valence-electron chi connectivity index (χ2n) is 5.65. The molecule has 0 atom stereocenters. The Morgan fingerprint density at radius 3 is 2.44 bits per heavy atom. The van der Waals surface area contributed by atoms with E-state index >= 15 is 0 Å². The molecule has 1 aromatic rings. The van der Waals surface area contributed by atoms with Crippen molar-refractivity contribution in [3.63, 3.8) is 0 Å². The molecule has 0 saturated heterocycles. The summed E-state index contributed by atoms with van der Waals surface area (Å²) in [6.45, 7) is 0. The highest BCUT2D eigenvalue weighted by Crippen LogP contribution is 2.35. The first-order valence-corrected chi connectivity index (χ1v) is 7.83. The minimum Gasteiger partial charge on any atom is -0.493 e. The molecule has 0 bridgehead atoms. The quantitative estimate of drug-likeness (QED) is 0.367. The highest BCUT2D eigenvalue weighted by atomic mass is 16.6. The van der Waals surface area contributed by atoms with Gasteiger partial charge in [-0.2, -0.15) is 5.26 Å². The van der Waals surface area contributed by atoms with Crippen LogP contribution in [-0.4, -0.2) is 31.1 Å². The van der Waals surface area contributed by atoms with Gasteiger partial charge in [0.05, 0.1) is 30.8 Å². The van der Waals surface area contributed by atoms with Crippen molar-refractivity contribution in [2.24, 2.45) is 0 Å². The molecule has 1 amide bonds. The van der Waals surface area contributed by atoms with E-state index in [1.165, 1.54) is 32.4 Å². The van der Waals surface area contributed by atoms with E-state index in [1.54, 1.807) is 0 Å². The van der Waals surface area contributed by atoms with Gasteiger partial charge in [0.2, 0.25) is 0 Å². The van der Waals surface area contributed by atoms with Crippen LogP contribution in [0.4, 0.5) is 5.69 Å². The van der Waals surface area contributed by atoms with Gasteiger partial charge in [-0.25, -0.2) is 0 Å². The van der Waals surface area contributed by atoms with Gasteiger partial charge in [-0.15, -0.1) is 0 Å². The number of nitrogens with zero attached hydrogens (tertiary/aromatic N) is 2. The van der Waals surface area contributed by atoms with Gasteiger partial charge in [0.1, 0.15) is 11.6 Å². The number of nitriles is 1. The first kappa shape index (κ1) is 18.3. The average molecular weight is 345 g/mol. The van der Waals surface area contributed by atoms with Crippen LogP contribution in [0.15, 0.2) is 17.7 Å². The highest BCUT2D eigenvalue weighted by molar-refractivity contribution is 6.02. The van der Waals surface area contributed by atoms with Crippen molar-refractivity contribution in [3.05, 3.63) is 33.4 Å². The Bertz CT molecular complexity index is 745. The Morgan fingerprint density at radius 1 is 1.32 bits per heavy atom. The van der Waals surface area contributed by atoms with E-state index in [0.29, 0.717) is 0 Å². The standard InChI is InChI=1S/C17H19N3O5/c1-24-15-8-11(14(20(22)23)9-16(15)25-2)7-12(10-18)17(21)19-13-5-3-4-6-13/h7-9,13H,3-6H2,1-2H3,(H,19,21)/b12-7+. The number of rotatable bonds is 6. The third-order valence-electron chi connectivity index (χ3n) is 4.08. The maximum Gasteiger partial charge on any atom is 0.280 e. The molecule has 25 heavy (non-hydrogen) atoms. The van der Waals surface area contributed by atoms with Gasteiger partial charge in [-0.1, -0.05) is 12.8 Å². The lowest BCUT2D eigenvalue weighted by Gasteiger charge is -2.11. The first-order chi connectivity index (χ1) is 12.0. The second kappa shape index (κ2) is 8.15. The monoisotopic (exact) mass is 345 g/mol. The van der Waals surface area contributed by atoms with Crippen molar-refractivity contribution in [2.45, 2.75) is 31.7 Å². The predicted molar refractivity (Wildman–Crippen MR) is 90.2 cm³/mol. The molecule has 1 aliphatic rings. The van der Waals surface area contributed by atoms with Crippen molar-refractivity contribution in [1.82, 2.24) is 5.32 Å². The van der Waals surface area contributed by atoms with Crippen LogP contribution in [0.25, 0.3) is 6.08 Å². The lowest BCUT2D eigenvalue weighted by molar-refractivity contribution is -0.385. The number of nitro groups is 1. The van der Waals surface area contributed by atoms with E-state index in [9.17, 15) is 20.2 Å². The fourth-order valence-electron chi connectivity index (χ4n) is 2.80. The van der Waals surface area contributed by atoms with Crippen LogP contribution in [0, 0.1) is 21.4 Å². The summed E-state index contributed by atoms with van der Waals surface area (Å²) in [4.78, 5) is 23.0. The van der Waals surface area contributed by atoms with E-state index in [-0.39, 0.29) is 34.4 Å². The second-order valence-corrected chi connectivity index (χ2v) is 5.65. The van der Waals surface area contributed by atoms with Gasteiger partial charge in [-0.3, -0.25) is 14.9 Å². The number of hydrogen-bond donors (Lipinski definition) is 1. The summed E-state index contributed by atoms with van der Waals surface area (Å²) in [5.41, 5.74) is -0.373. The van der Waals surface area contributed by atoms with Gasteiger partial charge in [0.15, 0.2) is 11.5 Å². The van der Waals surface area contributed by atoms with Gasteiger partial charge >= 0.3 is 0 Å². The maximum atomic E-state index is 12.3. The smallest absolute Gasteiger partial charge is 0.280 e. The Labute approximate surface area is 145 Å². The summed E-state index contributed by atoms with van der Waals surface area (Å²) < 4.78 is 10.2. The molecule has 1 saturated carbocycles. The van der Waals surface area contributed by atoms with Crippen molar-refractivity contribution >= 4 is 17.7 Å². The molecule has 132 valence electrons. The molecular formula is C17H19N3O5. The topological polar surface area (TPSA) is 114 Å². The van der Waals surface area contributed by atoms with Crippen LogP contribution >= 0.6 is 0 Å². The molecule has 1 aliphatic carbocycles. The predicted octanol–water partition coefficient (Wildman–Crippen LogP) is 2.58. The van der Waals surface area contributed by atoms with Gasteiger partial charge in [0, 0.05) is 6.04 Å². The van der Waals surface area contributed by atoms with Crippen LogP contribution in [0.1, 0.15) is 31.2 Å². The number of methoxy groups -OCH3 is 2. The normalized spacial score (nSPS) is 14.7. The molecule has 2 rings (SSSR count). The molecule has 1 fully saturated rings. The third-order valence-corrected chi connectivity index (χ3v) is 4.08. The van der Waals surface area contributed by atoms with Crippen LogP contribution < -0.4 is 14.8 Å². The summed E-state index contributed by atoms with van der Waals surface area (Å²) in [5, 5.41) is 23.4. The Balaban J connectivity index is 2.39. The van der Waals surface area contributed by atoms with Crippen molar-refractivity contribution in [2.75, 3.05) is 14.2 Å². The Hall–Kier alpha value is -3.08. The van der Waals surface area contributed by atoms with E-state index in [1.807, 2.05) is 6.07 Å². The Kier molecular flexibility index (Phi) is 5.95. The van der Waals surface area contributed by atoms with Gasteiger partial charge in [-0.05, 0) is 25.0 Å². The zero-order valence-corrected chi connectivity index (χ0v) is 14.1. The van der Waals surface area contributed by atoms with E-state index in [4.69, 9.17) is 9.47 Å². The lowest BCUT2D eigenvalue weighted by atomic mass is 10.1. The van der Waals surface area contributed by atoms with Gasteiger partial charge < -0.3 is 14.8 Å². The zero-order chi connectivity index (χ0) is 18.4.